The van der Waals surface area contributed by atoms with E-state index in [-0.39, 0.29) is 16.2 Å². The predicted molar refractivity (Wildman–Crippen MR) is 210 cm³/mol. The molecule has 2 atom stereocenters. The highest BCUT2D eigenvalue weighted by Crippen LogP contribution is 2.61. The number of hydrogen-bond acceptors (Lipinski definition) is 4. The Morgan fingerprint density at radius 1 is 0.667 bits per heavy atom. The molecule has 0 bridgehead atoms. The van der Waals surface area contributed by atoms with Crippen molar-refractivity contribution in [1.29, 1.82) is 0 Å². The molecule has 5 nitrogen and oxygen atoms in total. The van der Waals surface area contributed by atoms with Crippen LogP contribution in [0.25, 0.3) is 27.6 Å². The van der Waals surface area contributed by atoms with Crippen LogP contribution in [0.1, 0.15) is 103 Å². The van der Waals surface area contributed by atoms with E-state index in [1.165, 1.54) is 33.0 Å². The Morgan fingerprint density at radius 3 is 2.10 bits per heavy atom. The second-order valence-corrected chi connectivity index (χ2v) is 17.6. The summed E-state index contributed by atoms with van der Waals surface area (Å²) in [6, 6.07) is 32.5. The maximum Gasteiger partial charge on any atom is 0.217 e. The van der Waals surface area contributed by atoms with Crippen molar-refractivity contribution in [3.63, 3.8) is 0 Å². The van der Waals surface area contributed by atoms with Crippen molar-refractivity contribution in [2.24, 2.45) is 4.99 Å². The molecule has 0 unspecified atom stereocenters. The number of ether oxygens (including phenoxy) is 2. The molecule has 4 aromatic carbocycles. The number of rotatable bonds is 4. The Balaban J connectivity index is 1.22. The number of aryl methyl sites for hydroxylation is 1. The quantitative estimate of drug-likeness (QED) is 0.187. The van der Waals surface area contributed by atoms with Crippen molar-refractivity contribution in [1.82, 2.24) is 9.55 Å². The van der Waals surface area contributed by atoms with Gasteiger partial charge in [-0.2, -0.15) is 0 Å². The van der Waals surface area contributed by atoms with E-state index < -0.39 is 11.1 Å². The van der Waals surface area contributed by atoms with Gasteiger partial charge >= 0.3 is 0 Å². The average Bonchev–Trinajstić information content (AvgIpc) is 3.59. The number of hydrogen-bond donors (Lipinski definition) is 0. The molecule has 3 heterocycles. The van der Waals surface area contributed by atoms with Gasteiger partial charge in [0.15, 0.2) is 0 Å². The summed E-state index contributed by atoms with van der Waals surface area (Å²) in [5.41, 5.74) is 8.01. The zero-order chi connectivity index (χ0) is 36.3. The molecular weight excluding hydrogens is 627 g/mol. The molecule has 8 rings (SSSR count). The number of pyridine rings is 1. The van der Waals surface area contributed by atoms with Gasteiger partial charge in [0, 0.05) is 34.0 Å². The Morgan fingerprint density at radius 2 is 1.37 bits per heavy atom. The van der Waals surface area contributed by atoms with Gasteiger partial charge in [-0.25, -0.2) is 9.98 Å². The molecule has 2 aromatic heterocycles. The Labute approximate surface area is 302 Å². The van der Waals surface area contributed by atoms with E-state index in [1.807, 2.05) is 6.20 Å². The number of nitrogens with zero attached hydrogens (tertiary/aromatic N) is 3. The van der Waals surface area contributed by atoms with E-state index in [0.29, 0.717) is 5.90 Å². The molecule has 0 saturated carbocycles. The number of aromatic nitrogens is 2. The van der Waals surface area contributed by atoms with Crippen LogP contribution in [0.3, 0.4) is 0 Å². The Bertz CT molecular complexity index is 2420. The lowest BCUT2D eigenvalue weighted by molar-refractivity contribution is -0.0136. The summed E-state index contributed by atoms with van der Waals surface area (Å²) in [6.07, 6.45) is 1.92. The molecule has 6 aromatic rings. The highest BCUT2D eigenvalue weighted by atomic mass is 16.5. The molecule has 260 valence electrons. The molecule has 0 radical (unpaired) electrons. The Kier molecular flexibility index (Phi) is 7.05. The minimum atomic E-state index is -0.534. The van der Waals surface area contributed by atoms with Gasteiger partial charge in [0.05, 0.1) is 11.0 Å². The summed E-state index contributed by atoms with van der Waals surface area (Å²) in [5, 5.41) is 2.37. The third-order valence-corrected chi connectivity index (χ3v) is 11.9. The smallest absolute Gasteiger partial charge is 0.217 e. The largest absolute Gasteiger partial charge is 0.467 e. The minimum Gasteiger partial charge on any atom is -0.467 e. The molecule has 5 heteroatoms. The molecule has 0 amide bonds. The third kappa shape index (κ3) is 4.95. The summed E-state index contributed by atoms with van der Waals surface area (Å²) in [4.78, 5) is 10.2. The fraction of sp³-hybridized carbons (Fsp3) is 0.348. The lowest BCUT2D eigenvalue weighted by Gasteiger charge is -2.41. The van der Waals surface area contributed by atoms with Crippen LogP contribution in [0.4, 0.5) is 0 Å². The molecule has 0 saturated heterocycles. The highest BCUT2D eigenvalue weighted by molar-refractivity contribution is 6.10. The van der Waals surface area contributed by atoms with Gasteiger partial charge in [-0.1, -0.05) is 85.7 Å². The first-order valence-electron chi connectivity index (χ1n) is 18.2. The molecule has 51 heavy (non-hydrogen) atoms. The second kappa shape index (κ2) is 10.8. The van der Waals surface area contributed by atoms with Gasteiger partial charge in [-0.15, -0.1) is 0 Å². The van der Waals surface area contributed by atoms with Crippen LogP contribution in [-0.2, 0) is 26.5 Å². The van der Waals surface area contributed by atoms with E-state index in [0.717, 1.165) is 39.5 Å². The van der Waals surface area contributed by atoms with Crippen LogP contribution in [0.15, 0.2) is 102 Å². The summed E-state index contributed by atoms with van der Waals surface area (Å²) >= 11 is 0. The van der Waals surface area contributed by atoms with Crippen LogP contribution in [-0.4, -0.2) is 21.0 Å². The molecule has 0 N–H and O–H groups in total. The van der Waals surface area contributed by atoms with Gasteiger partial charge in [0.25, 0.3) is 0 Å². The van der Waals surface area contributed by atoms with Crippen LogP contribution in [0.2, 0.25) is 0 Å². The first-order valence-corrected chi connectivity index (χ1v) is 18.2. The van der Waals surface area contributed by atoms with Crippen LogP contribution < -0.4 is 4.74 Å². The second-order valence-electron chi connectivity index (χ2n) is 17.6. The van der Waals surface area contributed by atoms with Gasteiger partial charge in [0.1, 0.15) is 28.5 Å². The number of fused-ring (bicyclic) bond motifs is 6. The highest BCUT2D eigenvalue weighted by Gasteiger charge is 2.67. The molecular formula is C46H49N3O2. The fourth-order valence-electron chi connectivity index (χ4n) is 8.36. The average molecular weight is 676 g/mol. The number of benzene rings is 4. The number of aliphatic imine (C=N–C) groups is 1. The third-order valence-electron chi connectivity index (χ3n) is 11.9. The maximum atomic E-state index is 6.93. The van der Waals surface area contributed by atoms with E-state index >= 15 is 0 Å². The lowest BCUT2D eigenvalue weighted by Crippen LogP contribution is -2.51. The van der Waals surface area contributed by atoms with Crippen molar-refractivity contribution in [3.8, 4) is 17.3 Å². The van der Waals surface area contributed by atoms with E-state index in [1.54, 1.807) is 0 Å². The van der Waals surface area contributed by atoms with E-state index in [4.69, 9.17) is 19.5 Å². The van der Waals surface area contributed by atoms with Gasteiger partial charge < -0.3 is 9.47 Å². The SMILES string of the molecule is Cc1cc(Oc2ccc3c4cc(C(C)(C)C)ccc4n(-c4cc(C(C)(C)C)ccn4)c3c2)cc(C2=N[C@]3(C)c4ccccc4C(C)(C)[C@]3(C)O2)c1. The zero-order valence-electron chi connectivity index (χ0n) is 31.9. The minimum absolute atomic E-state index is 0.00698. The van der Waals surface area contributed by atoms with Crippen LogP contribution >= 0.6 is 0 Å². The lowest BCUT2D eigenvalue weighted by atomic mass is 9.71. The summed E-state index contributed by atoms with van der Waals surface area (Å²) in [5.74, 6) is 3.06. The molecule has 1 aliphatic carbocycles. The topological polar surface area (TPSA) is 48.6 Å². The maximum absolute atomic E-state index is 6.93. The normalized spacial score (nSPS) is 21.0. The van der Waals surface area contributed by atoms with Gasteiger partial charge in [-0.3, -0.25) is 4.57 Å². The Hall–Kier alpha value is -4.90. The van der Waals surface area contributed by atoms with Gasteiger partial charge in [0.2, 0.25) is 5.90 Å². The molecule has 1 aliphatic heterocycles. The summed E-state index contributed by atoms with van der Waals surface area (Å²) in [6.45, 7) is 24.6. The standard InChI is InChI=1S/C46H49N3O2/c1-28-22-29(41-48-45(10)37-15-13-12-14-36(37)44(8,9)46(45,11)51-41)24-33(23-28)50-32-17-18-34-35-25-30(42(2,3)4)16-19-38(35)49(39(34)27-32)40-26-31(20-21-47-40)43(5,6)7/h12-27H,1-11H3/t45-,46+/m1/s1. The first kappa shape index (κ1) is 33.3. The molecule has 0 fully saturated rings. The molecule has 2 aliphatic rings. The van der Waals surface area contributed by atoms with Crippen molar-refractivity contribution in [2.45, 2.75) is 104 Å². The van der Waals surface area contributed by atoms with Crippen LogP contribution in [0.5, 0.6) is 11.5 Å². The summed E-state index contributed by atoms with van der Waals surface area (Å²) in [7, 11) is 0. The molecule has 0 spiro atoms. The summed E-state index contributed by atoms with van der Waals surface area (Å²) < 4.78 is 15.9. The predicted octanol–water partition coefficient (Wildman–Crippen LogP) is 11.6. The van der Waals surface area contributed by atoms with Crippen molar-refractivity contribution < 1.29 is 9.47 Å². The zero-order valence-corrected chi connectivity index (χ0v) is 31.9. The fourth-order valence-corrected chi connectivity index (χ4v) is 8.36. The van der Waals surface area contributed by atoms with E-state index in [9.17, 15) is 0 Å². The first-order chi connectivity index (χ1) is 23.9. The van der Waals surface area contributed by atoms with Gasteiger partial charge in [-0.05, 0) is 114 Å². The van der Waals surface area contributed by atoms with Crippen molar-refractivity contribution in [3.05, 3.63) is 131 Å². The monoisotopic (exact) mass is 675 g/mol. The van der Waals surface area contributed by atoms with E-state index in [2.05, 4.69) is 172 Å². The van der Waals surface area contributed by atoms with Crippen molar-refractivity contribution >= 4 is 27.7 Å². The van der Waals surface area contributed by atoms with Crippen molar-refractivity contribution in [2.75, 3.05) is 0 Å². The van der Waals surface area contributed by atoms with Crippen LogP contribution in [0, 0.1) is 6.92 Å².